The summed E-state index contributed by atoms with van der Waals surface area (Å²) < 4.78 is 40.1. The van der Waals surface area contributed by atoms with Gasteiger partial charge in [-0.25, -0.2) is 0 Å². The Kier molecular flexibility index (Phi) is 4.91. The van der Waals surface area contributed by atoms with E-state index in [-0.39, 0.29) is 5.75 Å². The third kappa shape index (κ3) is 4.40. The molecular weight excluding hydrogens is 267 g/mol. The number of hydrogen-bond acceptors (Lipinski definition) is 2. The van der Waals surface area contributed by atoms with Crippen molar-refractivity contribution >= 4 is 0 Å². The standard InChI is InChI=1S/C15H20F3NO/c16-15(17,18)20-14-7-5-11(6-8-14)9-13(10-19)12-3-1-2-4-12/h5-8,12-13H,1-4,9-10,19H2. The van der Waals surface area contributed by atoms with E-state index in [1.54, 1.807) is 12.1 Å². The molecule has 1 unspecified atom stereocenters. The second-order valence-corrected chi connectivity index (χ2v) is 5.44. The molecular formula is C15H20F3NO. The summed E-state index contributed by atoms with van der Waals surface area (Å²) in [5, 5.41) is 0. The van der Waals surface area contributed by atoms with E-state index in [4.69, 9.17) is 5.73 Å². The minimum atomic E-state index is -4.63. The van der Waals surface area contributed by atoms with Crippen LogP contribution in [0.5, 0.6) is 5.75 Å². The van der Waals surface area contributed by atoms with Crippen LogP contribution >= 0.6 is 0 Å². The molecule has 112 valence electrons. The van der Waals surface area contributed by atoms with Gasteiger partial charge < -0.3 is 10.5 Å². The van der Waals surface area contributed by atoms with Crippen LogP contribution in [0.3, 0.4) is 0 Å². The van der Waals surface area contributed by atoms with Crippen molar-refractivity contribution in [1.29, 1.82) is 0 Å². The third-order valence-corrected chi connectivity index (χ3v) is 4.02. The predicted molar refractivity (Wildman–Crippen MR) is 71.3 cm³/mol. The monoisotopic (exact) mass is 287 g/mol. The molecule has 0 radical (unpaired) electrons. The van der Waals surface area contributed by atoms with Crippen molar-refractivity contribution < 1.29 is 17.9 Å². The first-order chi connectivity index (χ1) is 9.48. The minimum absolute atomic E-state index is 0.175. The summed E-state index contributed by atoms with van der Waals surface area (Å²) in [6.45, 7) is 0.630. The van der Waals surface area contributed by atoms with Gasteiger partial charge in [0.2, 0.25) is 0 Å². The Morgan fingerprint density at radius 2 is 1.75 bits per heavy atom. The van der Waals surface area contributed by atoms with E-state index in [2.05, 4.69) is 4.74 Å². The molecule has 1 aromatic carbocycles. The lowest BCUT2D eigenvalue weighted by Crippen LogP contribution is -2.24. The summed E-state index contributed by atoms with van der Waals surface area (Å²) in [7, 11) is 0. The number of nitrogens with two attached hydrogens (primary N) is 1. The predicted octanol–water partition coefficient (Wildman–Crippen LogP) is 3.89. The summed E-state index contributed by atoms with van der Waals surface area (Å²) in [5.41, 5.74) is 6.86. The molecule has 2 nitrogen and oxygen atoms in total. The van der Waals surface area contributed by atoms with E-state index >= 15 is 0 Å². The molecule has 0 spiro atoms. The van der Waals surface area contributed by atoms with Gasteiger partial charge in [-0.1, -0.05) is 37.8 Å². The van der Waals surface area contributed by atoms with E-state index in [0.717, 1.165) is 12.0 Å². The maximum atomic E-state index is 12.1. The molecule has 0 aromatic heterocycles. The largest absolute Gasteiger partial charge is 0.573 e. The van der Waals surface area contributed by atoms with Crippen molar-refractivity contribution in [2.45, 2.75) is 38.5 Å². The van der Waals surface area contributed by atoms with Crippen molar-refractivity contribution in [2.75, 3.05) is 6.54 Å². The van der Waals surface area contributed by atoms with E-state index in [1.165, 1.54) is 37.8 Å². The summed E-state index contributed by atoms with van der Waals surface area (Å²) >= 11 is 0. The normalized spacial score (nSPS) is 18.2. The smallest absolute Gasteiger partial charge is 0.406 e. The Hall–Kier alpha value is -1.23. The Morgan fingerprint density at radius 1 is 1.15 bits per heavy atom. The van der Waals surface area contributed by atoms with E-state index in [0.29, 0.717) is 18.4 Å². The summed E-state index contributed by atoms with van der Waals surface area (Å²) in [4.78, 5) is 0. The van der Waals surface area contributed by atoms with Crippen LogP contribution in [0.4, 0.5) is 13.2 Å². The van der Waals surface area contributed by atoms with Crippen LogP contribution in [0.25, 0.3) is 0 Å². The first-order valence-corrected chi connectivity index (χ1v) is 7.02. The molecule has 2 rings (SSSR count). The lowest BCUT2D eigenvalue weighted by atomic mass is 9.86. The Morgan fingerprint density at radius 3 is 2.25 bits per heavy atom. The molecule has 1 atom stereocenters. The van der Waals surface area contributed by atoms with Crippen molar-refractivity contribution in [2.24, 2.45) is 17.6 Å². The van der Waals surface area contributed by atoms with Crippen LogP contribution in [0.15, 0.2) is 24.3 Å². The zero-order valence-electron chi connectivity index (χ0n) is 11.3. The highest BCUT2D eigenvalue weighted by Gasteiger charge is 2.31. The third-order valence-electron chi connectivity index (χ3n) is 4.02. The van der Waals surface area contributed by atoms with Gasteiger partial charge >= 0.3 is 6.36 Å². The molecule has 5 heteroatoms. The van der Waals surface area contributed by atoms with Crippen molar-refractivity contribution in [3.05, 3.63) is 29.8 Å². The van der Waals surface area contributed by atoms with Crippen molar-refractivity contribution in [3.8, 4) is 5.75 Å². The van der Waals surface area contributed by atoms with E-state index in [1.807, 2.05) is 0 Å². The molecule has 0 heterocycles. The van der Waals surface area contributed by atoms with Gasteiger partial charge in [0.05, 0.1) is 0 Å². The molecule has 1 aliphatic carbocycles. The van der Waals surface area contributed by atoms with Gasteiger partial charge in [-0.3, -0.25) is 0 Å². The highest BCUT2D eigenvalue weighted by Crippen LogP contribution is 2.33. The molecule has 1 fully saturated rings. The lowest BCUT2D eigenvalue weighted by Gasteiger charge is -2.22. The molecule has 1 saturated carbocycles. The molecule has 0 saturated heterocycles. The van der Waals surface area contributed by atoms with Crippen LogP contribution in [-0.2, 0) is 6.42 Å². The molecule has 1 aliphatic rings. The number of hydrogen-bond donors (Lipinski definition) is 1. The fraction of sp³-hybridized carbons (Fsp3) is 0.600. The van der Waals surface area contributed by atoms with Crippen LogP contribution in [-0.4, -0.2) is 12.9 Å². The SMILES string of the molecule is NCC(Cc1ccc(OC(F)(F)F)cc1)C1CCCC1. The van der Waals surface area contributed by atoms with E-state index in [9.17, 15) is 13.2 Å². The second-order valence-electron chi connectivity index (χ2n) is 5.44. The Balaban J connectivity index is 1.95. The zero-order valence-corrected chi connectivity index (χ0v) is 11.3. The molecule has 1 aromatic rings. The number of halogens is 3. The summed E-state index contributed by atoms with van der Waals surface area (Å²) in [6.07, 6.45) is 1.16. The van der Waals surface area contributed by atoms with Gasteiger partial charge in [-0.15, -0.1) is 13.2 Å². The Bertz CT molecular complexity index is 410. The lowest BCUT2D eigenvalue weighted by molar-refractivity contribution is -0.274. The average molecular weight is 287 g/mol. The first kappa shape index (κ1) is 15.2. The van der Waals surface area contributed by atoms with Gasteiger partial charge in [-0.05, 0) is 42.5 Å². The first-order valence-electron chi connectivity index (χ1n) is 7.02. The topological polar surface area (TPSA) is 35.2 Å². The number of benzene rings is 1. The highest BCUT2D eigenvalue weighted by molar-refractivity contribution is 5.27. The van der Waals surface area contributed by atoms with Crippen LogP contribution in [0.1, 0.15) is 31.2 Å². The van der Waals surface area contributed by atoms with Crippen LogP contribution in [0.2, 0.25) is 0 Å². The maximum Gasteiger partial charge on any atom is 0.573 e. The second kappa shape index (κ2) is 6.48. The fourth-order valence-corrected chi connectivity index (χ4v) is 3.00. The molecule has 0 aliphatic heterocycles. The van der Waals surface area contributed by atoms with Crippen molar-refractivity contribution in [1.82, 2.24) is 0 Å². The quantitative estimate of drug-likeness (QED) is 0.891. The van der Waals surface area contributed by atoms with Crippen LogP contribution < -0.4 is 10.5 Å². The van der Waals surface area contributed by atoms with E-state index < -0.39 is 6.36 Å². The van der Waals surface area contributed by atoms with Crippen LogP contribution in [0, 0.1) is 11.8 Å². The maximum absolute atomic E-state index is 12.1. The van der Waals surface area contributed by atoms with Gasteiger partial charge in [0.25, 0.3) is 0 Å². The minimum Gasteiger partial charge on any atom is -0.406 e. The summed E-state index contributed by atoms with van der Waals surface area (Å²) in [6, 6.07) is 6.12. The van der Waals surface area contributed by atoms with Gasteiger partial charge in [0.1, 0.15) is 5.75 Å². The molecule has 0 amide bonds. The summed E-state index contributed by atoms with van der Waals surface area (Å²) in [5.74, 6) is 0.907. The molecule has 0 bridgehead atoms. The number of rotatable bonds is 5. The van der Waals surface area contributed by atoms with Crippen molar-refractivity contribution in [3.63, 3.8) is 0 Å². The van der Waals surface area contributed by atoms with Gasteiger partial charge in [-0.2, -0.15) is 0 Å². The fourth-order valence-electron chi connectivity index (χ4n) is 3.00. The van der Waals surface area contributed by atoms with Gasteiger partial charge in [0.15, 0.2) is 0 Å². The number of ether oxygens (including phenoxy) is 1. The average Bonchev–Trinajstić information content (AvgIpc) is 2.90. The van der Waals surface area contributed by atoms with Gasteiger partial charge in [0, 0.05) is 0 Å². The Labute approximate surface area is 117 Å². The number of alkyl halides is 3. The highest BCUT2D eigenvalue weighted by atomic mass is 19.4. The zero-order chi connectivity index (χ0) is 14.6. The molecule has 20 heavy (non-hydrogen) atoms. The molecule has 2 N–H and O–H groups in total.